The van der Waals surface area contributed by atoms with Crippen molar-refractivity contribution in [2.24, 2.45) is 0 Å². The molecule has 0 aliphatic carbocycles. The molecular weight excluding hydrogens is 246 g/mol. The van der Waals surface area contributed by atoms with Gasteiger partial charge in [0.25, 0.3) is 0 Å². The molecule has 92 valence electrons. The van der Waals surface area contributed by atoms with Crippen LogP contribution in [-0.4, -0.2) is 6.54 Å². The van der Waals surface area contributed by atoms with Crippen molar-refractivity contribution in [1.29, 1.82) is 0 Å². The highest BCUT2D eigenvalue weighted by Crippen LogP contribution is 2.39. The van der Waals surface area contributed by atoms with E-state index in [-0.39, 0.29) is 0 Å². The second-order valence-corrected chi connectivity index (χ2v) is 4.91. The number of ether oxygens (including phenoxy) is 1. The minimum Gasteiger partial charge on any atom is -0.453 e. The van der Waals surface area contributed by atoms with E-state index in [4.69, 9.17) is 16.3 Å². The topological polar surface area (TPSA) is 21.3 Å². The molecule has 0 fully saturated rings. The molecule has 0 amide bonds. The molecule has 2 nitrogen and oxygen atoms in total. The van der Waals surface area contributed by atoms with Crippen molar-refractivity contribution in [1.82, 2.24) is 0 Å². The highest BCUT2D eigenvalue weighted by molar-refractivity contribution is 6.32. The summed E-state index contributed by atoms with van der Waals surface area (Å²) in [6, 6.07) is 12.0. The van der Waals surface area contributed by atoms with Crippen LogP contribution in [0.4, 0.5) is 5.69 Å². The number of anilines is 1. The number of rotatable bonds is 0. The fourth-order valence-corrected chi connectivity index (χ4v) is 2.41. The molecule has 0 saturated heterocycles. The van der Waals surface area contributed by atoms with Crippen LogP contribution in [-0.2, 0) is 6.42 Å². The average Bonchev–Trinajstić information content (AvgIpc) is 2.32. The van der Waals surface area contributed by atoms with E-state index in [2.05, 4.69) is 24.4 Å². The van der Waals surface area contributed by atoms with E-state index in [0.717, 1.165) is 24.4 Å². The third-order valence-corrected chi connectivity index (χ3v) is 3.40. The summed E-state index contributed by atoms with van der Waals surface area (Å²) in [6.07, 6.45) is 0.947. The summed E-state index contributed by atoms with van der Waals surface area (Å²) in [5, 5.41) is 3.99. The minimum absolute atomic E-state index is 0.633. The van der Waals surface area contributed by atoms with Crippen molar-refractivity contribution in [3.8, 4) is 11.5 Å². The van der Waals surface area contributed by atoms with Crippen LogP contribution < -0.4 is 10.1 Å². The first-order valence-electron chi connectivity index (χ1n) is 6.04. The lowest BCUT2D eigenvalue weighted by Gasteiger charge is -2.20. The molecule has 1 aliphatic rings. The third kappa shape index (κ3) is 2.04. The van der Waals surface area contributed by atoms with Crippen molar-refractivity contribution in [2.45, 2.75) is 13.3 Å². The molecule has 0 spiro atoms. The molecule has 0 unspecified atom stereocenters. The normalized spacial score (nSPS) is 13.4. The molecule has 18 heavy (non-hydrogen) atoms. The Kier molecular flexibility index (Phi) is 2.88. The molecule has 3 rings (SSSR count). The molecule has 0 saturated carbocycles. The van der Waals surface area contributed by atoms with Crippen molar-refractivity contribution in [3.63, 3.8) is 0 Å². The summed E-state index contributed by atoms with van der Waals surface area (Å²) >= 11 is 6.20. The zero-order valence-corrected chi connectivity index (χ0v) is 10.9. The lowest BCUT2D eigenvalue weighted by atomic mass is 10.1. The number of halogens is 1. The molecule has 0 aromatic heterocycles. The SMILES string of the molecule is Cc1ccc2c(c1)CCNc1cccc(Cl)c1O2. The zero-order valence-electron chi connectivity index (χ0n) is 10.2. The predicted molar refractivity (Wildman–Crippen MR) is 74.9 cm³/mol. The van der Waals surface area contributed by atoms with Gasteiger partial charge in [0.2, 0.25) is 0 Å². The maximum Gasteiger partial charge on any atom is 0.169 e. The monoisotopic (exact) mass is 259 g/mol. The first-order valence-corrected chi connectivity index (χ1v) is 6.41. The lowest BCUT2D eigenvalue weighted by Crippen LogP contribution is -2.10. The standard InChI is InChI=1S/C15H14ClNO/c1-10-5-6-14-11(9-10)7-8-17-13-4-2-3-12(16)15(13)18-14/h2-6,9,17H,7-8H2,1H3. The van der Waals surface area contributed by atoms with E-state index in [0.29, 0.717) is 10.8 Å². The Bertz CT molecular complexity index is 595. The second kappa shape index (κ2) is 4.54. The maximum atomic E-state index is 6.20. The van der Waals surface area contributed by atoms with Gasteiger partial charge in [0.15, 0.2) is 5.75 Å². The van der Waals surface area contributed by atoms with Gasteiger partial charge in [-0.1, -0.05) is 35.4 Å². The van der Waals surface area contributed by atoms with E-state index in [1.54, 1.807) is 0 Å². The second-order valence-electron chi connectivity index (χ2n) is 4.51. The van der Waals surface area contributed by atoms with E-state index in [9.17, 15) is 0 Å². The summed E-state index contributed by atoms with van der Waals surface area (Å²) in [4.78, 5) is 0. The lowest BCUT2D eigenvalue weighted by molar-refractivity contribution is 0.475. The van der Waals surface area contributed by atoms with E-state index < -0.39 is 0 Å². The largest absolute Gasteiger partial charge is 0.453 e. The van der Waals surface area contributed by atoms with Crippen LogP contribution in [0.15, 0.2) is 36.4 Å². The molecule has 1 heterocycles. The van der Waals surface area contributed by atoms with Gasteiger partial charge in [-0.15, -0.1) is 0 Å². The molecule has 0 bridgehead atoms. The number of nitrogens with one attached hydrogen (secondary N) is 1. The summed E-state index contributed by atoms with van der Waals surface area (Å²) < 4.78 is 5.97. The Morgan fingerprint density at radius 1 is 1.22 bits per heavy atom. The Labute approximate surface area is 112 Å². The van der Waals surface area contributed by atoms with Crippen molar-refractivity contribution in [3.05, 3.63) is 52.5 Å². The first-order chi connectivity index (χ1) is 8.74. The first kappa shape index (κ1) is 11.4. The number of benzene rings is 2. The molecule has 3 heteroatoms. The van der Waals surface area contributed by atoms with Crippen LogP contribution in [0.25, 0.3) is 0 Å². The Morgan fingerprint density at radius 2 is 2.11 bits per heavy atom. The molecule has 1 N–H and O–H groups in total. The quantitative estimate of drug-likeness (QED) is 0.757. The molecule has 1 aliphatic heterocycles. The van der Waals surface area contributed by atoms with Crippen LogP contribution in [0.5, 0.6) is 11.5 Å². The molecule has 2 aromatic rings. The zero-order chi connectivity index (χ0) is 12.5. The van der Waals surface area contributed by atoms with Gasteiger partial charge >= 0.3 is 0 Å². The number of fused-ring (bicyclic) bond motifs is 2. The Morgan fingerprint density at radius 3 is 3.00 bits per heavy atom. The van der Waals surface area contributed by atoms with Gasteiger partial charge in [0, 0.05) is 6.54 Å². The third-order valence-electron chi connectivity index (χ3n) is 3.10. The highest BCUT2D eigenvalue weighted by Gasteiger charge is 2.15. The Hall–Kier alpha value is -1.67. The van der Waals surface area contributed by atoms with Gasteiger partial charge in [-0.25, -0.2) is 0 Å². The van der Waals surface area contributed by atoms with Crippen molar-refractivity contribution < 1.29 is 4.74 Å². The predicted octanol–water partition coefficient (Wildman–Crippen LogP) is 4.41. The smallest absolute Gasteiger partial charge is 0.169 e. The molecule has 2 aromatic carbocycles. The summed E-state index contributed by atoms with van der Waals surface area (Å²) in [5.74, 6) is 1.61. The fourth-order valence-electron chi connectivity index (χ4n) is 2.20. The van der Waals surface area contributed by atoms with Gasteiger partial charge in [0.05, 0.1) is 10.7 Å². The summed E-state index contributed by atoms with van der Waals surface area (Å²) in [6.45, 7) is 2.97. The van der Waals surface area contributed by atoms with Crippen LogP contribution in [0.1, 0.15) is 11.1 Å². The van der Waals surface area contributed by atoms with Crippen molar-refractivity contribution in [2.75, 3.05) is 11.9 Å². The number of aryl methyl sites for hydroxylation is 1. The highest BCUT2D eigenvalue weighted by atomic mass is 35.5. The van der Waals surface area contributed by atoms with Crippen molar-refractivity contribution >= 4 is 17.3 Å². The van der Waals surface area contributed by atoms with Gasteiger partial charge < -0.3 is 10.1 Å². The van der Waals surface area contributed by atoms with Gasteiger partial charge in [-0.2, -0.15) is 0 Å². The van der Waals surface area contributed by atoms with E-state index >= 15 is 0 Å². The number of hydrogen-bond acceptors (Lipinski definition) is 2. The average molecular weight is 260 g/mol. The van der Waals surface area contributed by atoms with Crippen LogP contribution in [0, 0.1) is 6.92 Å². The van der Waals surface area contributed by atoms with Gasteiger partial charge in [-0.05, 0) is 37.1 Å². The van der Waals surface area contributed by atoms with Crippen LogP contribution in [0.3, 0.4) is 0 Å². The minimum atomic E-state index is 0.633. The summed E-state index contributed by atoms with van der Waals surface area (Å²) in [7, 11) is 0. The number of para-hydroxylation sites is 1. The molecular formula is C15H14ClNO. The van der Waals surface area contributed by atoms with E-state index in [1.807, 2.05) is 24.3 Å². The Balaban J connectivity index is 2.10. The van der Waals surface area contributed by atoms with Crippen LogP contribution in [0.2, 0.25) is 5.02 Å². The molecule has 0 atom stereocenters. The number of hydrogen-bond donors (Lipinski definition) is 1. The van der Waals surface area contributed by atoms with Crippen LogP contribution >= 0.6 is 11.6 Å². The van der Waals surface area contributed by atoms with Gasteiger partial charge in [0.1, 0.15) is 5.75 Å². The fraction of sp³-hybridized carbons (Fsp3) is 0.200. The molecule has 0 radical (unpaired) electrons. The van der Waals surface area contributed by atoms with Gasteiger partial charge in [-0.3, -0.25) is 0 Å². The van der Waals surface area contributed by atoms with E-state index in [1.165, 1.54) is 11.1 Å². The maximum absolute atomic E-state index is 6.20. The summed E-state index contributed by atoms with van der Waals surface area (Å²) in [5.41, 5.74) is 3.42.